The van der Waals surface area contributed by atoms with Crippen LogP contribution >= 0.6 is 0 Å². The van der Waals surface area contributed by atoms with E-state index in [0.717, 1.165) is 57.8 Å². The first kappa shape index (κ1) is 27.0. The molecule has 1 aromatic rings. The highest BCUT2D eigenvalue weighted by atomic mass is 16.5. The monoisotopic (exact) mass is 475 g/mol. The summed E-state index contributed by atoms with van der Waals surface area (Å²) >= 11 is 0. The first-order valence-electron chi connectivity index (χ1n) is 11.2. The summed E-state index contributed by atoms with van der Waals surface area (Å²) in [6, 6.07) is 7.70. The predicted octanol–water partition coefficient (Wildman–Crippen LogP) is 1.13. The third kappa shape index (κ3) is 8.95. The fourth-order valence-corrected chi connectivity index (χ4v) is 3.63. The van der Waals surface area contributed by atoms with Gasteiger partial charge in [0.1, 0.15) is 0 Å². The fourth-order valence-electron chi connectivity index (χ4n) is 3.63. The predicted molar refractivity (Wildman–Crippen MR) is 125 cm³/mol. The van der Waals surface area contributed by atoms with Crippen molar-refractivity contribution in [3.8, 4) is 0 Å². The maximum absolute atomic E-state index is 12.5. The van der Waals surface area contributed by atoms with Crippen LogP contribution in [0.15, 0.2) is 30.3 Å². The molecule has 0 atom stereocenters. The van der Waals surface area contributed by atoms with Crippen LogP contribution in [0.5, 0.6) is 0 Å². The third-order valence-electron chi connectivity index (χ3n) is 5.66. The molecule has 10 nitrogen and oxygen atoms in total. The van der Waals surface area contributed by atoms with Gasteiger partial charge in [-0.25, -0.2) is 9.59 Å². The number of benzene rings is 1. The SMILES string of the molecule is CN(C)C(=O)c1ccc(/C=C/C2CCN(C(=O)CN3CCOCC3)CC2)cc1.O=C(O)C(=O)O. The van der Waals surface area contributed by atoms with Gasteiger partial charge in [-0.15, -0.1) is 0 Å². The normalized spacial score (nSPS) is 17.1. The van der Waals surface area contributed by atoms with E-state index in [1.54, 1.807) is 19.0 Å². The number of nitrogens with zero attached hydrogens (tertiary/aromatic N) is 3. The van der Waals surface area contributed by atoms with Crippen LogP contribution in [0.25, 0.3) is 6.08 Å². The number of rotatable bonds is 5. The van der Waals surface area contributed by atoms with Gasteiger partial charge >= 0.3 is 11.9 Å². The molecule has 2 aliphatic heterocycles. The largest absolute Gasteiger partial charge is 0.473 e. The van der Waals surface area contributed by atoms with E-state index in [1.807, 2.05) is 29.2 Å². The Labute approximate surface area is 199 Å². The number of piperidine rings is 1. The molecule has 0 unspecified atom stereocenters. The van der Waals surface area contributed by atoms with Crippen molar-refractivity contribution >= 4 is 29.8 Å². The Morgan fingerprint density at radius 1 is 0.971 bits per heavy atom. The van der Waals surface area contributed by atoms with Crippen LogP contribution in [0.4, 0.5) is 0 Å². The Balaban J connectivity index is 0.000000604. The van der Waals surface area contributed by atoms with E-state index in [0.29, 0.717) is 18.0 Å². The van der Waals surface area contributed by atoms with Gasteiger partial charge in [0.2, 0.25) is 5.91 Å². The first-order valence-corrected chi connectivity index (χ1v) is 11.2. The minimum atomic E-state index is -1.82. The van der Waals surface area contributed by atoms with Crippen LogP contribution in [-0.4, -0.2) is 109 Å². The maximum atomic E-state index is 12.5. The average Bonchev–Trinajstić information content (AvgIpc) is 2.84. The number of carbonyl (C=O) groups excluding carboxylic acids is 2. The zero-order chi connectivity index (χ0) is 25.1. The molecular weight excluding hydrogens is 442 g/mol. The number of morpholine rings is 1. The van der Waals surface area contributed by atoms with E-state index in [9.17, 15) is 9.59 Å². The summed E-state index contributed by atoms with van der Waals surface area (Å²) in [6.07, 6.45) is 6.37. The first-order chi connectivity index (χ1) is 16.2. The van der Waals surface area contributed by atoms with Crippen molar-refractivity contribution in [3.63, 3.8) is 0 Å². The van der Waals surface area contributed by atoms with Crippen molar-refractivity contribution < 1.29 is 34.1 Å². The lowest BCUT2D eigenvalue weighted by molar-refractivity contribution is -0.159. The van der Waals surface area contributed by atoms with Crippen molar-refractivity contribution in [2.24, 2.45) is 5.92 Å². The van der Waals surface area contributed by atoms with E-state index in [-0.39, 0.29) is 11.8 Å². The standard InChI is InChI=1S/C22H31N3O3.C2H2O4/c1-23(2)22(27)20-7-5-18(6-8-20)3-4-19-9-11-25(12-10-19)21(26)17-24-13-15-28-16-14-24;3-1(4)2(5)6/h3-8,19H,9-17H2,1-2H3;(H,3,4)(H,5,6)/b4-3+;. The van der Waals surface area contributed by atoms with E-state index in [4.69, 9.17) is 24.5 Å². The Morgan fingerprint density at radius 3 is 2.03 bits per heavy atom. The highest BCUT2D eigenvalue weighted by Gasteiger charge is 2.23. The topological polar surface area (TPSA) is 128 Å². The fraction of sp³-hybridized carbons (Fsp3) is 0.500. The average molecular weight is 476 g/mol. The summed E-state index contributed by atoms with van der Waals surface area (Å²) in [5.74, 6) is -2.89. The molecule has 10 heteroatoms. The number of hydrogen-bond donors (Lipinski definition) is 2. The van der Waals surface area contributed by atoms with Crippen LogP contribution in [0.3, 0.4) is 0 Å². The molecule has 2 amide bonds. The number of aliphatic carboxylic acids is 2. The number of carboxylic acids is 2. The Hall–Kier alpha value is -3.24. The second-order valence-electron chi connectivity index (χ2n) is 8.40. The molecule has 0 bridgehead atoms. The second-order valence-corrected chi connectivity index (χ2v) is 8.40. The van der Waals surface area contributed by atoms with Gasteiger partial charge in [-0.2, -0.15) is 0 Å². The number of likely N-dealkylation sites (tertiary alicyclic amines) is 1. The van der Waals surface area contributed by atoms with Crippen LogP contribution < -0.4 is 0 Å². The van der Waals surface area contributed by atoms with Gasteiger partial charge in [0.05, 0.1) is 19.8 Å². The van der Waals surface area contributed by atoms with Gasteiger partial charge in [-0.3, -0.25) is 14.5 Å². The van der Waals surface area contributed by atoms with E-state index in [1.165, 1.54) is 0 Å². The molecule has 2 N–H and O–H groups in total. The van der Waals surface area contributed by atoms with Gasteiger partial charge in [-0.05, 0) is 36.5 Å². The Kier molecular flexibility index (Phi) is 10.7. The van der Waals surface area contributed by atoms with E-state index in [2.05, 4.69) is 17.1 Å². The zero-order valence-corrected chi connectivity index (χ0v) is 19.7. The van der Waals surface area contributed by atoms with Crippen LogP contribution in [0, 0.1) is 5.92 Å². The maximum Gasteiger partial charge on any atom is 0.414 e. The van der Waals surface area contributed by atoms with Gasteiger partial charge in [0, 0.05) is 45.8 Å². The van der Waals surface area contributed by atoms with Crippen LogP contribution in [0.1, 0.15) is 28.8 Å². The van der Waals surface area contributed by atoms with E-state index < -0.39 is 11.9 Å². The lowest BCUT2D eigenvalue weighted by atomic mass is 9.95. The summed E-state index contributed by atoms with van der Waals surface area (Å²) in [5, 5.41) is 14.8. The molecule has 0 aromatic heterocycles. The number of hydrogen-bond acceptors (Lipinski definition) is 6. The molecule has 0 radical (unpaired) electrons. The zero-order valence-electron chi connectivity index (χ0n) is 19.7. The molecule has 2 saturated heterocycles. The highest BCUT2D eigenvalue weighted by Crippen LogP contribution is 2.20. The second kappa shape index (κ2) is 13.5. The molecule has 186 valence electrons. The Bertz CT molecular complexity index is 857. The molecule has 0 spiro atoms. The van der Waals surface area contributed by atoms with Crippen LogP contribution in [-0.2, 0) is 19.1 Å². The molecule has 2 aliphatic rings. The van der Waals surface area contributed by atoms with Crippen molar-refractivity contribution in [2.75, 3.05) is 60.0 Å². The molecule has 3 rings (SSSR count). The van der Waals surface area contributed by atoms with Gasteiger partial charge < -0.3 is 24.7 Å². The molecule has 2 heterocycles. The van der Waals surface area contributed by atoms with Gasteiger partial charge in [0.15, 0.2) is 0 Å². The summed E-state index contributed by atoms with van der Waals surface area (Å²) in [6.45, 7) is 5.33. The van der Waals surface area contributed by atoms with Crippen molar-refractivity contribution in [2.45, 2.75) is 12.8 Å². The molecular formula is C24H33N3O7. The smallest absolute Gasteiger partial charge is 0.414 e. The van der Waals surface area contributed by atoms with Crippen molar-refractivity contribution in [1.82, 2.24) is 14.7 Å². The molecule has 1 aromatic carbocycles. The molecule has 0 aliphatic carbocycles. The minimum absolute atomic E-state index is 0.0182. The quantitative estimate of drug-likeness (QED) is 0.607. The summed E-state index contributed by atoms with van der Waals surface area (Å²) in [7, 11) is 3.52. The van der Waals surface area contributed by atoms with E-state index >= 15 is 0 Å². The van der Waals surface area contributed by atoms with Crippen molar-refractivity contribution in [1.29, 1.82) is 0 Å². The van der Waals surface area contributed by atoms with Crippen molar-refractivity contribution in [3.05, 3.63) is 41.5 Å². The molecule has 0 saturated carbocycles. The lowest BCUT2D eigenvalue weighted by Gasteiger charge is -2.33. The van der Waals surface area contributed by atoms with Gasteiger partial charge in [0.25, 0.3) is 5.91 Å². The Morgan fingerprint density at radius 2 is 1.53 bits per heavy atom. The highest BCUT2D eigenvalue weighted by molar-refractivity contribution is 6.27. The minimum Gasteiger partial charge on any atom is -0.473 e. The lowest BCUT2D eigenvalue weighted by Crippen LogP contribution is -2.46. The number of carbonyl (C=O) groups is 4. The number of carboxylic acid groups (broad SMARTS) is 2. The summed E-state index contributed by atoms with van der Waals surface area (Å²) in [5.41, 5.74) is 1.80. The molecule has 2 fully saturated rings. The summed E-state index contributed by atoms with van der Waals surface area (Å²) in [4.78, 5) is 48.4. The molecule has 34 heavy (non-hydrogen) atoms. The summed E-state index contributed by atoms with van der Waals surface area (Å²) < 4.78 is 5.34. The van der Waals surface area contributed by atoms with Gasteiger partial charge in [-0.1, -0.05) is 24.3 Å². The number of allylic oxidation sites excluding steroid dienone is 1. The third-order valence-corrected chi connectivity index (χ3v) is 5.66. The number of ether oxygens (including phenoxy) is 1. The number of amides is 2. The van der Waals surface area contributed by atoms with Crippen LogP contribution in [0.2, 0.25) is 0 Å².